The second kappa shape index (κ2) is 5.58. The van der Waals surface area contributed by atoms with Gasteiger partial charge >= 0.3 is 0 Å². The molecular formula is C14H19N5O. The minimum absolute atomic E-state index is 0.130. The molecule has 1 aromatic heterocycles. The summed E-state index contributed by atoms with van der Waals surface area (Å²) in [7, 11) is 0. The predicted octanol–water partition coefficient (Wildman–Crippen LogP) is 1.72. The Labute approximate surface area is 118 Å². The minimum Gasteiger partial charge on any atom is -0.493 e. The van der Waals surface area contributed by atoms with Crippen molar-refractivity contribution in [2.24, 2.45) is 0 Å². The quantitative estimate of drug-likeness (QED) is 0.918. The van der Waals surface area contributed by atoms with Crippen LogP contribution in [0.1, 0.15) is 43.7 Å². The highest BCUT2D eigenvalue weighted by Crippen LogP contribution is 2.34. The van der Waals surface area contributed by atoms with Gasteiger partial charge in [0.15, 0.2) is 5.82 Å². The summed E-state index contributed by atoms with van der Waals surface area (Å²) in [5, 5.41) is 15.6. The number of hydrogen-bond acceptors (Lipinski definition) is 5. The first-order chi connectivity index (χ1) is 9.81. The molecule has 0 fully saturated rings. The Morgan fingerprint density at radius 3 is 3.15 bits per heavy atom. The van der Waals surface area contributed by atoms with Crippen LogP contribution < -0.4 is 10.1 Å². The van der Waals surface area contributed by atoms with E-state index in [1.165, 1.54) is 0 Å². The number of tetrazole rings is 1. The van der Waals surface area contributed by atoms with Crippen LogP contribution in [-0.2, 0) is 0 Å². The highest BCUT2D eigenvalue weighted by Gasteiger charge is 2.27. The van der Waals surface area contributed by atoms with E-state index in [0.717, 1.165) is 30.1 Å². The normalized spacial score (nSPS) is 19.2. The molecule has 106 valence electrons. The highest BCUT2D eigenvalue weighted by molar-refractivity contribution is 5.37. The Hall–Kier alpha value is -1.95. The maximum Gasteiger partial charge on any atom is 0.168 e. The molecule has 1 N–H and O–H groups in total. The van der Waals surface area contributed by atoms with Crippen LogP contribution in [0.25, 0.3) is 0 Å². The number of nitrogens with zero attached hydrogens (tertiary/aromatic N) is 4. The smallest absolute Gasteiger partial charge is 0.168 e. The van der Waals surface area contributed by atoms with Gasteiger partial charge in [-0.1, -0.05) is 25.1 Å². The lowest BCUT2D eigenvalue weighted by molar-refractivity contribution is 0.245. The summed E-state index contributed by atoms with van der Waals surface area (Å²) in [6, 6.07) is 8.37. The Morgan fingerprint density at radius 1 is 1.45 bits per heavy atom. The van der Waals surface area contributed by atoms with Gasteiger partial charge in [-0.05, 0) is 30.0 Å². The van der Waals surface area contributed by atoms with Crippen molar-refractivity contribution in [2.75, 3.05) is 13.2 Å². The van der Waals surface area contributed by atoms with Gasteiger partial charge in [-0.15, -0.1) is 5.10 Å². The molecule has 6 heteroatoms. The summed E-state index contributed by atoms with van der Waals surface area (Å²) < 4.78 is 7.63. The minimum atomic E-state index is 0.130. The number of nitrogens with one attached hydrogen (secondary N) is 1. The lowest BCUT2D eigenvalue weighted by Gasteiger charge is -2.27. The molecule has 0 amide bonds. The van der Waals surface area contributed by atoms with Crippen molar-refractivity contribution in [3.8, 4) is 5.75 Å². The first-order valence-corrected chi connectivity index (χ1v) is 7.04. The first-order valence-electron chi connectivity index (χ1n) is 7.04. The molecule has 2 aromatic rings. The molecule has 2 atom stereocenters. The lowest BCUT2D eigenvalue weighted by atomic mass is 10.0. The van der Waals surface area contributed by atoms with Gasteiger partial charge in [-0.3, -0.25) is 0 Å². The fourth-order valence-electron chi connectivity index (χ4n) is 2.68. The van der Waals surface area contributed by atoms with Gasteiger partial charge in [-0.2, -0.15) is 0 Å². The molecule has 1 aliphatic rings. The molecule has 1 aliphatic heterocycles. The van der Waals surface area contributed by atoms with Gasteiger partial charge in [0, 0.05) is 12.0 Å². The molecule has 0 saturated carbocycles. The Kier molecular flexibility index (Phi) is 3.64. The zero-order chi connectivity index (χ0) is 13.9. The molecule has 3 rings (SSSR count). The maximum atomic E-state index is 5.70. The van der Waals surface area contributed by atoms with Crippen molar-refractivity contribution in [2.45, 2.75) is 32.4 Å². The van der Waals surface area contributed by atoms with Gasteiger partial charge in [0.1, 0.15) is 5.75 Å². The van der Waals surface area contributed by atoms with Crippen molar-refractivity contribution >= 4 is 0 Å². The molecule has 1 aromatic carbocycles. The first kappa shape index (κ1) is 13.1. The number of para-hydroxylation sites is 1. The molecule has 6 nitrogen and oxygen atoms in total. The van der Waals surface area contributed by atoms with E-state index in [0.29, 0.717) is 6.61 Å². The van der Waals surface area contributed by atoms with Gasteiger partial charge in [0.05, 0.1) is 18.7 Å². The van der Waals surface area contributed by atoms with E-state index in [9.17, 15) is 0 Å². The van der Waals surface area contributed by atoms with Crippen molar-refractivity contribution in [3.05, 3.63) is 35.7 Å². The zero-order valence-corrected chi connectivity index (χ0v) is 11.8. The maximum absolute atomic E-state index is 5.70. The topological polar surface area (TPSA) is 64.9 Å². The van der Waals surface area contributed by atoms with E-state index in [-0.39, 0.29) is 12.1 Å². The SMILES string of the molecule is CCNC(C)c1nnnn1C1CCOc2ccccc21. The van der Waals surface area contributed by atoms with Crippen LogP contribution in [0.4, 0.5) is 0 Å². The number of aromatic nitrogens is 4. The molecule has 2 unspecified atom stereocenters. The third kappa shape index (κ3) is 2.27. The largest absolute Gasteiger partial charge is 0.493 e. The van der Waals surface area contributed by atoms with Crippen LogP contribution in [0.15, 0.2) is 24.3 Å². The molecule has 0 bridgehead atoms. The second-order valence-corrected chi connectivity index (χ2v) is 4.95. The predicted molar refractivity (Wildman–Crippen MR) is 74.6 cm³/mol. The van der Waals surface area contributed by atoms with Crippen molar-refractivity contribution in [3.63, 3.8) is 0 Å². The van der Waals surface area contributed by atoms with Crippen molar-refractivity contribution in [1.82, 2.24) is 25.5 Å². The summed E-state index contributed by atoms with van der Waals surface area (Å²) in [6.45, 7) is 5.74. The summed E-state index contributed by atoms with van der Waals surface area (Å²) in [5.41, 5.74) is 1.15. The van der Waals surface area contributed by atoms with E-state index < -0.39 is 0 Å². The molecule has 0 radical (unpaired) electrons. The van der Waals surface area contributed by atoms with Crippen LogP contribution >= 0.6 is 0 Å². The fourth-order valence-corrected chi connectivity index (χ4v) is 2.68. The van der Waals surface area contributed by atoms with Crippen molar-refractivity contribution in [1.29, 1.82) is 0 Å². The van der Waals surface area contributed by atoms with Gasteiger partial charge in [0.2, 0.25) is 0 Å². The van der Waals surface area contributed by atoms with E-state index in [1.54, 1.807) is 0 Å². The van der Waals surface area contributed by atoms with E-state index in [1.807, 2.05) is 22.9 Å². The number of fused-ring (bicyclic) bond motifs is 1. The van der Waals surface area contributed by atoms with Crippen LogP contribution in [0.2, 0.25) is 0 Å². The number of rotatable bonds is 4. The molecular weight excluding hydrogens is 254 g/mol. The van der Waals surface area contributed by atoms with Crippen LogP contribution in [0.5, 0.6) is 5.75 Å². The Bertz CT molecular complexity index is 582. The molecule has 2 heterocycles. The standard InChI is InChI=1S/C14H19N5O/c1-3-15-10(2)14-16-17-18-19(14)12-8-9-20-13-7-5-4-6-11(12)13/h4-7,10,12,15H,3,8-9H2,1-2H3. The summed E-state index contributed by atoms with van der Waals surface area (Å²) in [4.78, 5) is 0. The second-order valence-electron chi connectivity index (χ2n) is 4.95. The van der Waals surface area contributed by atoms with E-state index in [2.05, 4.69) is 40.8 Å². The van der Waals surface area contributed by atoms with Crippen molar-refractivity contribution < 1.29 is 4.74 Å². The lowest BCUT2D eigenvalue weighted by Crippen LogP contribution is -2.27. The van der Waals surface area contributed by atoms with E-state index >= 15 is 0 Å². The monoisotopic (exact) mass is 273 g/mol. The molecule has 0 aliphatic carbocycles. The third-order valence-electron chi connectivity index (χ3n) is 3.64. The van der Waals surface area contributed by atoms with Crippen LogP contribution in [0.3, 0.4) is 0 Å². The zero-order valence-electron chi connectivity index (χ0n) is 11.8. The fraction of sp³-hybridized carbons (Fsp3) is 0.500. The highest BCUT2D eigenvalue weighted by atomic mass is 16.5. The number of ether oxygens (including phenoxy) is 1. The summed E-state index contributed by atoms with van der Waals surface area (Å²) >= 11 is 0. The molecule has 0 saturated heterocycles. The van der Waals surface area contributed by atoms with E-state index in [4.69, 9.17) is 4.74 Å². The summed E-state index contributed by atoms with van der Waals surface area (Å²) in [6.07, 6.45) is 0.883. The van der Waals surface area contributed by atoms with Gasteiger partial charge < -0.3 is 10.1 Å². The average Bonchev–Trinajstić information content (AvgIpc) is 2.96. The third-order valence-corrected chi connectivity index (χ3v) is 3.64. The molecule has 20 heavy (non-hydrogen) atoms. The molecule has 0 spiro atoms. The Balaban J connectivity index is 1.97. The van der Waals surface area contributed by atoms with Crippen LogP contribution in [-0.4, -0.2) is 33.4 Å². The number of hydrogen-bond donors (Lipinski definition) is 1. The summed E-state index contributed by atoms with van der Waals surface area (Å²) in [5.74, 6) is 1.80. The average molecular weight is 273 g/mol. The number of benzene rings is 1. The van der Waals surface area contributed by atoms with Gasteiger partial charge in [0.25, 0.3) is 0 Å². The van der Waals surface area contributed by atoms with Gasteiger partial charge in [-0.25, -0.2) is 4.68 Å². The Morgan fingerprint density at radius 2 is 2.30 bits per heavy atom. The van der Waals surface area contributed by atoms with Crippen LogP contribution in [0, 0.1) is 0 Å².